The van der Waals surface area contributed by atoms with Gasteiger partial charge in [0.25, 0.3) is 0 Å². The van der Waals surface area contributed by atoms with E-state index in [0.29, 0.717) is 12.2 Å². The highest BCUT2D eigenvalue weighted by Crippen LogP contribution is 2.33. The fraction of sp³-hybridized carbons (Fsp3) is 0.444. The zero-order valence-corrected chi connectivity index (χ0v) is 21.0. The van der Waals surface area contributed by atoms with Crippen LogP contribution in [0.4, 0.5) is 4.79 Å². The number of rotatable bonds is 7. The normalized spacial score (nSPS) is 20.2. The smallest absolute Gasteiger partial charge is 0.408 e. The molecule has 1 fully saturated rings. The quantitative estimate of drug-likeness (QED) is 0.602. The molecule has 2 atom stereocenters. The Morgan fingerprint density at radius 1 is 1.03 bits per heavy atom. The van der Waals surface area contributed by atoms with Gasteiger partial charge in [-0.1, -0.05) is 42.5 Å². The van der Waals surface area contributed by atoms with Crippen LogP contribution in [-0.2, 0) is 32.0 Å². The predicted octanol–water partition coefficient (Wildman–Crippen LogP) is 3.87. The second-order valence-corrected chi connectivity index (χ2v) is 9.73. The molecule has 1 heterocycles. The molecular formula is C27H34N2O6. The maximum Gasteiger partial charge on any atom is 0.408 e. The Kier molecular flexibility index (Phi) is 8.04. The molecule has 2 amide bonds. The molecule has 35 heavy (non-hydrogen) atoms. The summed E-state index contributed by atoms with van der Waals surface area (Å²) in [7, 11) is 2.89. The zero-order chi connectivity index (χ0) is 25.6. The number of hydrogen-bond donors (Lipinski definition) is 1. The van der Waals surface area contributed by atoms with Gasteiger partial charge in [0.2, 0.25) is 5.91 Å². The predicted molar refractivity (Wildman–Crippen MR) is 131 cm³/mol. The molecule has 0 radical (unpaired) electrons. The third-order valence-corrected chi connectivity index (χ3v) is 5.97. The summed E-state index contributed by atoms with van der Waals surface area (Å²) in [6, 6.07) is 16.0. The van der Waals surface area contributed by atoms with E-state index in [1.807, 2.05) is 42.5 Å². The highest BCUT2D eigenvalue weighted by molar-refractivity contribution is 5.94. The molecular weight excluding hydrogens is 448 g/mol. The van der Waals surface area contributed by atoms with Gasteiger partial charge in [-0.05, 0) is 56.9 Å². The van der Waals surface area contributed by atoms with E-state index >= 15 is 0 Å². The SMILES string of the molecule is COC(=O)[C@H]1CC[C@@](Cc2ccccc2)(NC(=O)OC(C)(C)C)C(=O)N1Cc1ccc(OC)cc1. The Morgan fingerprint density at radius 2 is 1.69 bits per heavy atom. The second kappa shape index (κ2) is 10.8. The van der Waals surface area contributed by atoms with Crippen LogP contribution >= 0.6 is 0 Å². The third-order valence-electron chi connectivity index (χ3n) is 5.97. The molecule has 0 spiro atoms. The van der Waals surface area contributed by atoms with Crippen molar-refractivity contribution >= 4 is 18.0 Å². The number of hydrogen-bond acceptors (Lipinski definition) is 6. The van der Waals surface area contributed by atoms with Crippen LogP contribution in [0, 0.1) is 0 Å². The summed E-state index contributed by atoms with van der Waals surface area (Å²) in [6.45, 7) is 5.47. The molecule has 1 saturated heterocycles. The standard InChI is InChI=1S/C27H34N2O6/c1-26(2,3)35-25(32)28-27(17-19-9-7-6-8-10-19)16-15-22(23(30)34-5)29(24(27)31)18-20-11-13-21(33-4)14-12-20/h6-14,22H,15-18H2,1-5H3,(H,28,32)/t22-,27+/m1/s1. The fourth-order valence-corrected chi connectivity index (χ4v) is 4.32. The lowest BCUT2D eigenvalue weighted by atomic mass is 9.79. The molecule has 1 aliphatic heterocycles. The van der Waals surface area contributed by atoms with Gasteiger partial charge in [0.1, 0.15) is 22.9 Å². The van der Waals surface area contributed by atoms with Crippen molar-refractivity contribution in [2.24, 2.45) is 0 Å². The van der Waals surface area contributed by atoms with E-state index in [1.165, 1.54) is 12.0 Å². The van der Waals surface area contributed by atoms with E-state index in [1.54, 1.807) is 40.0 Å². The van der Waals surface area contributed by atoms with E-state index < -0.39 is 29.2 Å². The highest BCUT2D eigenvalue weighted by Gasteiger charge is 2.51. The van der Waals surface area contributed by atoms with Crippen LogP contribution in [0.1, 0.15) is 44.7 Å². The molecule has 0 aromatic heterocycles. The van der Waals surface area contributed by atoms with E-state index in [0.717, 1.165) is 11.1 Å². The Bertz CT molecular complexity index is 1030. The van der Waals surface area contributed by atoms with E-state index in [9.17, 15) is 14.4 Å². The van der Waals surface area contributed by atoms with Crippen LogP contribution in [0.2, 0.25) is 0 Å². The fourth-order valence-electron chi connectivity index (χ4n) is 4.32. The second-order valence-electron chi connectivity index (χ2n) is 9.73. The average molecular weight is 483 g/mol. The molecule has 2 aromatic carbocycles. The Morgan fingerprint density at radius 3 is 2.26 bits per heavy atom. The van der Waals surface area contributed by atoms with Crippen molar-refractivity contribution in [2.45, 2.75) is 63.8 Å². The molecule has 1 N–H and O–H groups in total. The number of likely N-dealkylation sites (tertiary alicyclic amines) is 1. The third kappa shape index (κ3) is 6.53. The minimum absolute atomic E-state index is 0.176. The maximum absolute atomic E-state index is 14.1. The number of nitrogens with one attached hydrogen (secondary N) is 1. The van der Waals surface area contributed by atoms with Gasteiger partial charge < -0.3 is 24.4 Å². The molecule has 0 aliphatic carbocycles. The van der Waals surface area contributed by atoms with Crippen molar-refractivity contribution in [1.29, 1.82) is 0 Å². The lowest BCUT2D eigenvalue weighted by Crippen LogP contribution is -2.67. The lowest BCUT2D eigenvalue weighted by molar-refractivity contribution is -0.160. The number of methoxy groups -OCH3 is 2. The van der Waals surface area contributed by atoms with Gasteiger partial charge in [-0.2, -0.15) is 0 Å². The van der Waals surface area contributed by atoms with Crippen molar-refractivity contribution in [3.8, 4) is 5.75 Å². The van der Waals surface area contributed by atoms with Gasteiger partial charge in [0.15, 0.2) is 0 Å². The van der Waals surface area contributed by atoms with Crippen molar-refractivity contribution in [1.82, 2.24) is 10.2 Å². The van der Waals surface area contributed by atoms with E-state index in [4.69, 9.17) is 14.2 Å². The number of alkyl carbamates (subject to hydrolysis) is 1. The van der Waals surface area contributed by atoms with E-state index in [-0.39, 0.29) is 25.3 Å². The minimum atomic E-state index is -1.28. The topological polar surface area (TPSA) is 94.2 Å². The van der Waals surface area contributed by atoms with Gasteiger partial charge in [-0.25, -0.2) is 9.59 Å². The summed E-state index contributed by atoms with van der Waals surface area (Å²) in [5.41, 5.74) is -0.299. The summed E-state index contributed by atoms with van der Waals surface area (Å²) >= 11 is 0. The Hall–Kier alpha value is -3.55. The monoisotopic (exact) mass is 482 g/mol. The van der Waals surface area contributed by atoms with Crippen LogP contribution in [-0.4, -0.2) is 54.3 Å². The summed E-state index contributed by atoms with van der Waals surface area (Å²) in [5, 5.41) is 2.87. The molecule has 3 rings (SSSR count). The van der Waals surface area contributed by atoms with Gasteiger partial charge in [-0.15, -0.1) is 0 Å². The highest BCUT2D eigenvalue weighted by atomic mass is 16.6. The van der Waals surface area contributed by atoms with E-state index in [2.05, 4.69) is 5.32 Å². The van der Waals surface area contributed by atoms with Crippen LogP contribution in [0.3, 0.4) is 0 Å². The molecule has 2 aromatic rings. The first-order valence-corrected chi connectivity index (χ1v) is 11.6. The largest absolute Gasteiger partial charge is 0.497 e. The van der Waals surface area contributed by atoms with Crippen molar-refractivity contribution in [3.63, 3.8) is 0 Å². The van der Waals surface area contributed by atoms with Crippen LogP contribution in [0.5, 0.6) is 5.75 Å². The lowest BCUT2D eigenvalue weighted by Gasteiger charge is -2.45. The van der Waals surface area contributed by atoms with Crippen molar-refractivity contribution < 1.29 is 28.6 Å². The minimum Gasteiger partial charge on any atom is -0.497 e. The molecule has 188 valence electrons. The van der Waals surface area contributed by atoms with Crippen molar-refractivity contribution in [2.75, 3.05) is 14.2 Å². The molecule has 8 nitrogen and oxygen atoms in total. The molecule has 1 aliphatic rings. The van der Waals surface area contributed by atoms with Crippen molar-refractivity contribution in [3.05, 3.63) is 65.7 Å². The molecule has 0 unspecified atom stereocenters. The average Bonchev–Trinajstić information content (AvgIpc) is 2.81. The summed E-state index contributed by atoms with van der Waals surface area (Å²) in [6.07, 6.45) is 0.178. The van der Waals surface area contributed by atoms with Gasteiger partial charge >= 0.3 is 12.1 Å². The molecule has 8 heteroatoms. The summed E-state index contributed by atoms with van der Waals surface area (Å²) in [4.78, 5) is 41.1. The van der Waals surface area contributed by atoms with Gasteiger partial charge in [-0.3, -0.25) is 4.79 Å². The number of piperidine rings is 1. The van der Waals surface area contributed by atoms with Gasteiger partial charge in [0.05, 0.1) is 14.2 Å². The van der Waals surface area contributed by atoms with Crippen LogP contribution in [0.15, 0.2) is 54.6 Å². The number of ether oxygens (including phenoxy) is 3. The first-order chi connectivity index (χ1) is 16.6. The van der Waals surface area contributed by atoms with Crippen LogP contribution in [0.25, 0.3) is 0 Å². The first-order valence-electron chi connectivity index (χ1n) is 11.6. The van der Waals surface area contributed by atoms with Crippen LogP contribution < -0.4 is 10.1 Å². The first kappa shape index (κ1) is 26.1. The maximum atomic E-state index is 14.1. The summed E-state index contributed by atoms with van der Waals surface area (Å²) in [5.74, 6) is -0.157. The summed E-state index contributed by atoms with van der Waals surface area (Å²) < 4.78 is 15.7. The molecule has 0 saturated carbocycles. The molecule has 0 bridgehead atoms. The number of nitrogens with zero attached hydrogens (tertiary/aromatic N) is 1. The zero-order valence-electron chi connectivity index (χ0n) is 21.0. The number of benzene rings is 2. The number of carbonyl (C=O) groups excluding carboxylic acids is 3. The Labute approximate surface area is 206 Å². The van der Waals surface area contributed by atoms with Gasteiger partial charge in [0, 0.05) is 13.0 Å². The Balaban J connectivity index is 1.98. The number of amides is 2. The number of esters is 1. The number of carbonyl (C=O) groups is 3.